The fourth-order valence-corrected chi connectivity index (χ4v) is 2.06. The van der Waals surface area contributed by atoms with Gasteiger partial charge >= 0.3 is 0 Å². The summed E-state index contributed by atoms with van der Waals surface area (Å²) in [7, 11) is 0. The molecule has 0 saturated heterocycles. The molecule has 0 fully saturated rings. The minimum atomic E-state index is -0.451. The molecule has 0 aromatic carbocycles. The second-order valence-corrected chi connectivity index (χ2v) is 6.07. The Hall–Kier alpha value is -1.93. The number of rotatable bonds is 2. The lowest BCUT2D eigenvalue weighted by Gasteiger charge is -2.18. The average Bonchev–Trinajstić information content (AvgIpc) is 2.69. The van der Waals surface area contributed by atoms with Gasteiger partial charge in [-0.15, -0.1) is 0 Å². The highest BCUT2D eigenvalue weighted by Crippen LogP contribution is 2.29. The quantitative estimate of drug-likeness (QED) is 0.794. The molecule has 0 aliphatic heterocycles. The summed E-state index contributed by atoms with van der Waals surface area (Å²) in [5.41, 5.74) is 0.831. The first kappa shape index (κ1) is 14.5. The molecular weight excluding hydrogens is 279 g/mol. The van der Waals surface area contributed by atoms with Gasteiger partial charge in [0.25, 0.3) is 0 Å². The summed E-state index contributed by atoms with van der Waals surface area (Å²) in [6.45, 7) is 6.47. The molecule has 6 heteroatoms. The number of halogens is 2. The van der Waals surface area contributed by atoms with E-state index in [1.807, 2.05) is 26.8 Å². The van der Waals surface area contributed by atoms with Gasteiger partial charge in [-0.2, -0.15) is 14.8 Å². The molecule has 0 atom stereocenters. The summed E-state index contributed by atoms with van der Waals surface area (Å²) in [6.07, 6.45) is 1.43. The minimum Gasteiger partial charge on any atom is -0.239 e. The zero-order chi connectivity index (χ0) is 14.9. The van der Waals surface area contributed by atoms with Gasteiger partial charge < -0.3 is 0 Å². The molecule has 2 aromatic heterocycles. The zero-order valence-electron chi connectivity index (χ0n) is 11.5. The van der Waals surface area contributed by atoms with Crippen molar-refractivity contribution in [3.05, 3.63) is 35.1 Å². The van der Waals surface area contributed by atoms with Crippen molar-refractivity contribution in [1.82, 2.24) is 14.8 Å². The van der Waals surface area contributed by atoms with Gasteiger partial charge in [0.2, 0.25) is 5.95 Å². The summed E-state index contributed by atoms with van der Waals surface area (Å²) < 4.78 is 15.7. The monoisotopic (exact) mass is 292 g/mol. The predicted octanol–water partition coefficient (Wildman–Crippen LogP) is 3.66. The van der Waals surface area contributed by atoms with Crippen LogP contribution in [0, 0.1) is 22.7 Å². The number of pyridine rings is 1. The van der Waals surface area contributed by atoms with Crippen molar-refractivity contribution in [1.29, 1.82) is 5.26 Å². The predicted molar refractivity (Wildman–Crippen MR) is 74.6 cm³/mol. The molecule has 2 rings (SSSR count). The van der Waals surface area contributed by atoms with Crippen molar-refractivity contribution in [3.63, 3.8) is 0 Å². The van der Waals surface area contributed by atoms with Crippen molar-refractivity contribution in [2.45, 2.75) is 27.3 Å². The number of hydrogen-bond donors (Lipinski definition) is 0. The third kappa shape index (κ3) is 2.97. The van der Waals surface area contributed by atoms with Crippen LogP contribution < -0.4 is 0 Å². The molecule has 2 aromatic rings. The van der Waals surface area contributed by atoms with Gasteiger partial charge in [0.1, 0.15) is 16.9 Å². The first-order valence-electron chi connectivity index (χ1n) is 6.10. The third-order valence-corrected chi connectivity index (χ3v) is 2.94. The largest absolute Gasteiger partial charge is 0.239 e. The minimum absolute atomic E-state index is 0.0865. The van der Waals surface area contributed by atoms with Crippen molar-refractivity contribution < 1.29 is 4.39 Å². The lowest BCUT2D eigenvalue weighted by atomic mass is 9.97. The van der Waals surface area contributed by atoms with E-state index in [4.69, 9.17) is 16.9 Å². The summed E-state index contributed by atoms with van der Waals surface area (Å²) in [5.74, 6) is -0.451. The fraction of sp³-hybridized carbons (Fsp3) is 0.357. The molecule has 0 aliphatic carbocycles. The lowest BCUT2D eigenvalue weighted by molar-refractivity contribution is 0.296. The molecule has 0 bridgehead atoms. The number of hydrogen-bond acceptors (Lipinski definition) is 3. The Bertz CT molecular complexity index is 679. The molecular formula is C14H14ClFN4. The molecule has 104 valence electrons. The van der Waals surface area contributed by atoms with Crippen LogP contribution in [0.5, 0.6) is 0 Å². The van der Waals surface area contributed by atoms with Crippen LogP contribution >= 0.6 is 11.6 Å². The van der Waals surface area contributed by atoms with Gasteiger partial charge in [0.05, 0.1) is 11.8 Å². The highest BCUT2D eigenvalue weighted by atomic mass is 35.5. The summed E-state index contributed by atoms with van der Waals surface area (Å²) in [6, 6.07) is 4.97. The maximum absolute atomic E-state index is 14.4. The molecule has 2 heterocycles. The van der Waals surface area contributed by atoms with Crippen molar-refractivity contribution >= 4 is 11.6 Å². The number of nitriles is 1. The van der Waals surface area contributed by atoms with E-state index < -0.39 is 5.95 Å². The van der Waals surface area contributed by atoms with Gasteiger partial charge in [-0.25, -0.2) is 9.67 Å². The average molecular weight is 293 g/mol. The maximum Gasteiger partial charge on any atom is 0.219 e. The van der Waals surface area contributed by atoms with Crippen molar-refractivity contribution in [2.24, 2.45) is 5.41 Å². The molecule has 0 spiro atoms. The topological polar surface area (TPSA) is 54.5 Å². The van der Waals surface area contributed by atoms with Crippen LogP contribution in [0.3, 0.4) is 0 Å². The van der Waals surface area contributed by atoms with Gasteiger partial charge in [-0.05, 0) is 17.5 Å². The second kappa shape index (κ2) is 5.22. The Morgan fingerprint density at radius 1 is 1.35 bits per heavy atom. The van der Waals surface area contributed by atoms with E-state index >= 15 is 0 Å². The van der Waals surface area contributed by atoms with E-state index in [9.17, 15) is 4.39 Å². The molecule has 0 aliphatic rings. The molecule has 0 N–H and O–H groups in total. The van der Waals surface area contributed by atoms with E-state index in [2.05, 4.69) is 10.1 Å². The first-order chi connectivity index (χ1) is 9.31. The Labute approximate surface area is 121 Å². The third-order valence-electron chi connectivity index (χ3n) is 2.65. The Morgan fingerprint density at radius 3 is 2.60 bits per heavy atom. The molecule has 20 heavy (non-hydrogen) atoms. The van der Waals surface area contributed by atoms with E-state index in [0.717, 1.165) is 0 Å². The van der Waals surface area contributed by atoms with Crippen LogP contribution in [0.1, 0.15) is 26.5 Å². The standard InChI is InChI=1S/C14H14ClFN4/c1-14(2,3)8-20-13(16)11(7-18-20)10-5-4-9(6-17)19-12(10)15/h4-5,7H,8H2,1-3H3. The van der Waals surface area contributed by atoms with E-state index in [-0.39, 0.29) is 21.8 Å². The van der Waals surface area contributed by atoms with Crippen molar-refractivity contribution in [2.75, 3.05) is 0 Å². The fourth-order valence-electron chi connectivity index (χ4n) is 1.81. The molecule has 0 amide bonds. The van der Waals surface area contributed by atoms with Crippen LogP contribution in [-0.4, -0.2) is 14.8 Å². The summed E-state index contributed by atoms with van der Waals surface area (Å²) >= 11 is 5.99. The van der Waals surface area contributed by atoms with Gasteiger partial charge in [-0.1, -0.05) is 32.4 Å². The van der Waals surface area contributed by atoms with Gasteiger partial charge in [0, 0.05) is 12.1 Å². The van der Waals surface area contributed by atoms with Crippen LogP contribution in [0.4, 0.5) is 4.39 Å². The first-order valence-corrected chi connectivity index (χ1v) is 6.48. The molecule has 4 nitrogen and oxygen atoms in total. The van der Waals surface area contributed by atoms with Crippen LogP contribution in [-0.2, 0) is 6.54 Å². The normalized spacial score (nSPS) is 11.4. The zero-order valence-corrected chi connectivity index (χ0v) is 12.2. The molecule has 0 unspecified atom stereocenters. The maximum atomic E-state index is 14.4. The Morgan fingerprint density at radius 2 is 2.05 bits per heavy atom. The number of aromatic nitrogens is 3. The summed E-state index contributed by atoms with van der Waals surface area (Å²) in [4.78, 5) is 3.89. The summed E-state index contributed by atoms with van der Waals surface area (Å²) in [5, 5.41) is 12.9. The van der Waals surface area contributed by atoms with Crippen LogP contribution in [0.15, 0.2) is 18.3 Å². The highest BCUT2D eigenvalue weighted by Gasteiger charge is 2.19. The molecule has 0 saturated carbocycles. The van der Waals surface area contributed by atoms with Crippen LogP contribution in [0.2, 0.25) is 5.15 Å². The Balaban J connectivity index is 2.43. The highest BCUT2D eigenvalue weighted by molar-refractivity contribution is 6.32. The van der Waals surface area contributed by atoms with Gasteiger partial charge in [0.15, 0.2) is 0 Å². The lowest BCUT2D eigenvalue weighted by Crippen LogP contribution is -2.17. The van der Waals surface area contributed by atoms with E-state index in [1.54, 1.807) is 6.07 Å². The van der Waals surface area contributed by atoms with Crippen LogP contribution in [0.25, 0.3) is 11.1 Å². The Kier molecular flexibility index (Phi) is 3.78. The van der Waals surface area contributed by atoms with Crippen molar-refractivity contribution in [3.8, 4) is 17.2 Å². The second-order valence-electron chi connectivity index (χ2n) is 5.71. The van der Waals surface area contributed by atoms with Gasteiger partial charge in [-0.3, -0.25) is 0 Å². The number of nitrogens with zero attached hydrogens (tertiary/aromatic N) is 4. The SMILES string of the molecule is CC(C)(C)Cn1ncc(-c2ccc(C#N)nc2Cl)c1F. The molecule has 0 radical (unpaired) electrons. The van der Waals surface area contributed by atoms with E-state index in [1.165, 1.54) is 16.9 Å². The van der Waals surface area contributed by atoms with E-state index in [0.29, 0.717) is 12.1 Å². The smallest absolute Gasteiger partial charge is 0.219 e.